The van der Waals surface area contributed by atoms with Gasteiger partial charge in [0.15, 0.2) is 0 Å². The van der Waals surface area contributed by atoms with Crippen LogP contribution in [0, 0.1) is 5.41 Å². The molecular formula is C9H19F. The molecule has 1 rings (SSSR count). The lowest BCUT2D eigenvalue weighted by atomic mass is 9.92. The second-order valence-electron chi connectivity index (χ2n) is 3.50. The summed E-state index contributed by atoms with van der Waals surface area (Å²) in [6.07, 6.45) is 2.11. The Morgan fingerprint density at radius 2 is 1.80 bits per heavy atom. The van der Waals surface area contributed by atoms with Gasteiger partial charge in [-0.05, 0) is 24.7 Å². The van der Waals surface area contributed by atoms with Crippen molar-refractivity contribution >= 4 is 0 Å². The Morgan fingerprint density at radius 1 is 1.30 bits per heavy atom. The number of rotatable bonds is 0. The topological polar surface area (TPSA) is 0 Å². The molecule has 62 valence electrons. The van der Waals surface area contributed by atoms with Gasteiger partial charge in [0, 0.05) is 0 Å². The molecule has 0 aromatic heterocycles. The fraction of sp³-hybridized carbons (Fsp3) is 1.00. The Kier molecular flexibility index (Phi) is 3.92. The predicted octanol–water partition coefficient (Wildman–Crippen LogP) is 3.56. The molecule has 0 heterocycles. The van der Waals surface area contributed by atoms with Crippen LogP contribution in [-0.2, 0) is 0 Å². The molecule has 1 aliphatic rings. The standard InChI is InChI=1S/C7H13F.C2H6/c1-7(2)4-3-6(8)5-7;1-2/h6H,3-5H2,1-2H3;1-2H3. The van der Waals surface area contributed by atoms with Crippen molar-refractivity contribution in [3.8, 4) is 0 Å². The van der Waals surface area contributed by atoms with Gasteiger partial charge in [-0.2, -0.15) is 0 Å². The minimum Gasteiger partial charge on any atom is -0.247 e. The third kappa shape index (κ3) is 3.19. The minimum atomic E-state index is -0.509. The lowest BCUT2D eigenvalue weighted by Gasteiger charge is -2.14. The van der Waals surface area contributed by atoms with Crippen molar-refractivity contribution in [1.29, 1.82) is 0 Å². The summed E-state index contributed by atoms with van der Waals surface area (Å²) in [7, 11) is 0. The van der Waals surface area contributed by atoms with Crippen LogP contribution in [0.1, 0.15) is 47.0 Å². The van der Waals surface area contributed by atoms with E-state index in [9.17, 15) is 4.39 Å². The molecule has 0 nitrogen and oxygen atoms in total. The minimum absolute atomic E-state index is 0.291. The van der Waals surface area contributed by atoms with E-state index in [1.807, 2.05) is 13.8 Å². The van der Waals surface area contributed by atoms with E-state index in [1.54, 1.807) is 0 Å². The SMILES string of the molecule is CC.CC1(C)CCC(F)C1. The smallest absolute Gasteiger partial charge is 0.101 e. The molecule has 0 bridgehead atoms. The molecule has 1 aliphatic carbocycles. The maximum Gasteiger partial charge on any atom is 0.101 e. The Labute approximate surface area is 63.8 Å². The molecule has 0 aromatic carbocycles. The maximum absolute atomic E-state index is 12.4. The molecule has 1 unspecified atom stereocenters. The van der Waals surface area contributed by atoms with Gasteiger partial charge in [-0.3, -0.25) is 0 Å². The van der Waals surface area contributed by atoms with E-state index < -0.39 is 6.17 Å². The Balaban J connectivity index is 0.000000371. The molecule has 0 N–H and O–H groups in total. The summed E-state index contributed by atoms with van der Waals surface area (Å²) in [5, 5.41) is 0. The molecule has 1 heteroatoms. The summed E-state index contributed by atoms with van der Waals surface area (Å²) in [6.45, 7) is 8.26. The summed E-state index contributed by atoms with van der Waals surface area (Å²) < 4.78 is 12.4. The van der Waals surface area contributed by atoms with Crippen LogP contribution in [-0.4, -0.2) is 6.17 Å². The summed E-state index contributed by atoms with van der Waals surface area (Å²) in [5.41, 5.74) is 0.291. The van der Waals surface area contributed by atoms with Crippen LogP contribution >= 0.6 is 0 Å². The third-order valence-corrected chi connectivity index (χ3v) is 1.91. The van der Waals surface area contributed by atoms with Crippen LogP contribution in [0.25, 0.3) is 0 Å². The van der Waals surface area contributed by atoms with Crippen molar-refractivity contribution in [2.75, 3.05) is 0 Å². The van der Waals surface area contributed by atoms with E-state index in [-0.39, 0.29) is 0 Å². The lowest BCUT2D eigenvalue weighted by molar-refractivity contribution is 0.297. The van der Waals surface area contributed by atoms with Gasteiger partial charge in [-0.25, -0.2) is 4.39 Å². The number of halogens is 1. The quantitative estimate of drug-likeness (QED) is 0.490. The molecule has 0 aromatic rings. The fourth-order valence-corrected chi connectivity index (χ4v) is 1.35. The zero-order chi connectivity index (χ0) is 8.20. The van der Waals surface area contributed by atoms with Gasteiger partial charge in [-0.15, -0.1) is 0 Å². The molecule has 0 amide bonds. The first kappa shape index (κ1) is 9.93. The van der Waals surface area contributed by atoms with Crippen molar-refractivity contribution in [2.24, 2.45) is 5.41 Å². The summed E-state index contributed by atoms with van der Waals surface area (Å²) in [5.74, 6) is 0. The van der Waals surface area contributed by atoms with Crippen LogP contribution in [0.15, 0.2) is 0 Å². The van der Waals surface area contributed by atoms with Crippen LogP contribution in [0.2, 0.25) is 0 Å². The van der Waals surface area contributed by atoms with E-state index in [1.165, 1.54) is 0 Å². The highest BCUT2D eigenvalue weighted by molar-refractivity contribution is 4.81. The molecule has 1 saturated carbocycles. The van der Waals surface area contributed by atoms with E-state index in [0.717, 1.165) is 19.3 Å². The highest BCUT2D eigenvalue weighted by Crippen LogP contribution is 2.38. The average Bonchev–Trinajstić information content (AvgIpc) is 2.15. The van der Waals surface area contributed by atoms with Crippen LogP contribution in [0.5, 0.6) is 0 Å². The molecule has 1 atom stereocenters. The van der Waals surface area contributed by atoms with E-state index in [0.29, 0.717) is 5.41 Å². The first-order valence-electron chi connectivity index (χ1n) is 4.24. The Hall–Kier alpha value is -0.0700. The zero-order valence-electron chi connectivity index (χ0n) is 7.58. The first-order valence-corrected chi connectivity index (χ1v) is 4.24. The maximum atomic E-state index is 12.4. The molecule has 1 fully saturated rings. The lowest BCUT2D eigenvalue weighted by Crippen LogP contribution is -2.04. The molecule has 0 aliphatic heterocycles. The third-order valence-electron chi connectivity index (χ3n) is 1.91. The number of hydrogen-bond donors (Lipinski definition) is 0. The summed E-state index contributed by atoms with van der Waals surface area (Å²) in [6, 6.07) is 0. The van der Waals surface area contributed by atoms with Crippen molar-refractivity contribution in [3.63, 3.8) is 0 Å². The fourth-order valence-electron chi connectivity index (χ4n) is 1.35. The van der Waals surface area contributed by atoms with Crippen LogP contribution in [0.4, 0.5) is 4.39 Å². The van der Waals surface area contributed by atoms with E-state index in [4.69, 9.17) is 0 Å². The number of hydrogen-bond acceptors (Lipinski definition) is 0. The second kappa shape index (κ2) is 3.95. The molecule has 0 radical (unpaired) electrons. The largest absolute Gasteiger partial charge is 0.247 e. The van der Waals surface area contributed by atoms with Crippen molar-refractivity contribution in [2.45, 2.75) is 53.1 Å². The first-order chi connectivity index (χ1) is 4.60. The Morgan fingerprint density at radius 3 is 1.90 bits per heavy atom. The van der Waals surface area contributed by atoms with Gasteiger partial charge in [0.05, 0.1) is 0 Å². The normalized spacial score (nSPS) is 29.1. The van der Waals surface area contributed by atoms with Crippen molar-refractivity contribution in [1.82, 2.24) is 0 Å². The number of alkyl halides is 1. The van der Waals surface area contributed by atoms with E-state index >= 15 is 0 Å². The van der Waals surface area contributed by atoms with Gasteiger partial charge in [0.25, 0.3) is 0 Å². The summed E-state index contributed by atoms with van der Waals surface area (Å²) in [4.78, 5) is 0. The monoisotopic (exact) mass is 146 g/mol. The predicted molar refractivity (Wildman–Crippen MR) is 43.9 cm³/mol. The average molecular weight is 146 g/mol. The molecule has 0 saturated heterocycles. The zero-order valence-corrected chi connectivity index (χ0v) is 7.58. The molecular weight excluding hydrogens is 127 g/mol. The van der Waals surface area contributed by atoms with Gasteiger partial charge in [0.2, 0.25) is 0 Å². The molecule has 10 heavy (non-hydrogen) atoms. The Bertz CT molecular complexity index is 86.7. The van der Waals surface area contributed by atoms with Crippen molar-refractivity contribution in [3.05, 3.63) is 0 Å². The van der Waals surface area contributed by atoms with Gasteiger partial charge in [-0.1, -0.05) is 27.7 Å². The second-order valence-corrected chi connectivity index (χ2v) is 3.50. The highest BCUT2D eigenvalue weighted by Gasteiger charge is 2.30. The van der Waals surface area contributed by atoms with Crippen LogP contribution < -0.4 is 0 Å². The van der Waals surface area contributed by atoms with Crippen molar-refractivity contribution < 1.29 is 4.39 Å². The summed E-state index contributed by atoms with van der Waals surface area (Å²) >= 11 is 0. The molecule has 0 spiro atoms. The van der Waals surface area contributed by atoms with E-state index in [2.05, 4.69) is 13.8 Å². The van der Waals surface area contributed by atoms with Gasteiger partial charge < -0.3 is 0 Å². The van der Waals surface area contributed by atoms with Gasteiger partial charge in [0.1, 0.15) is 6.17 Å². The van der Waals surface area contributed by atoms with Crippen LogP contribution in [0.3, 0.4) is 0 Å². The highest BCUT2D eigenvalue weighted by atomic mass is 19.1. The van der Waals surface area contributed by atoms with Gasteiger partial charge >= 0.3 is 0 Å².